The molecule has 2 N–H and O–H groups in total. The van der Waals surface area contributed by atoms with Crippen LogP contribution in [0.3, 0.4) is 0 Å². The molecule has 2 rings (SSSR count). The van der Waals surface area contributed by atoms with Crippen LogP contribution in [0.1, 0.15) is 16.0 Å². The lowest BCUT2D eigenvalue weighted by atomic mass is 10.2. The molecular weight excluding hydrogens is 284 g/mol. The van der Waals surface area contributed by atoms with Crippen molar-refractivity contribution in [2.24, 2.45) is 0 Å². The molecule has 0 aromatic carbocycles. The maximum absolute atomic E-state index is 11.8. The normalized spacial score (nSPS) is 10.2. The van der Waals surface area contributed by atoms with Crippen molar-refractivity contribution < 1.29 is 4.79 Å². The van der Waals surface area contributed by atoms with E-state index in [4.69, 9.17) is 0 Å². The predicted molar refractivity (Wildman–Crippen MR) is 86.7 cm³/mol. The van der Waals surface area contributed by atoms with Crippen molar-refractivity contribution in [2.45, 2.75) is 20.0 Å². The van der Waals surface area contributed by atoms with Crippen LogP contribution in [0.4, 0.5) is 10.6 Å². The molecule has 2 aromatic rings. The lowest BCUT2D eigenvalue weighted by Gasteiger charge is -2.12. The van der Waals surface area contributed by atoms with Crippen LogP contribution in [0, 0.1) is 6.92 Å². The Morgan fingerprint density at radius 2 is 2.05 bits per heavy atom. The minimum Gasteiger partial charge on any atom is -0.363 e. The molecule has 21 heavy (non-hydrogen) atoms. The summed E-state index contributed by atoms with van der Waals surface area (Å²) < 4.78 is 0. The predicted octanol–water partition coefficient (Wildman–Crippen LogP) is 2.52. The van der Waals surface area contributed by atoms with Crippen molar-refractivity contribution >= 4 is 23.2 Å². The summed E-state index contributed by atoms with van der Waals surface area (Å²) in [4.78, 5) is 19.2. The number of hydrogen-bond donors (Lipinski definition) is 2. The van der Waals surface area contributed by atoms with Crippen LogP contribution in [-0.2, 0) is 13.1 Å². The van der Waals surface area contributed by atoms with Crippen molar-refractivity contribution in [3.63, 3.8) is 0 Å². The van der Waals surface area contributed by atoms with E-state index in [1.807, 2.05) is 43.4 Å². The van der Waals surface area contributed by atoms with Crippen molar-refractivity contribution in [2.75, 3.05) is 19.0 Å². The summed E-state index contributed by atoms with van der Waals surface area (Å²) in [7, 11) is 3.88. The smallest absolute Gasteiger partial charge is 0.315 e. The first-order valence-corrected chi connectivity index (χ1v) is 7.61. The molecule has 0 spiro atoms. The summed E-state index contributed by atoms with van der Waals surface area (Å²) in [6.45, 7) is 3.10. The van der Waals surface area contributed by atoms with Crippen LogP contribution in [-0.4, -0.2) is 25.1 Å². The number of rotatable bonds is 5. The van der Waals surface area contributed by atoms with Gasteiger partial charge in [-0.05, 0) is 41.6 Å². The Labute approximate surface area is 129 Å². The monoisotopic (exact) mass is 304 g/mol. The Bertz CT molecular complexity index is 609. The highest BCUT2D eigenvalue weighted by atomic mass is 32.1. The molecule has 0 aliphatic rings. The van der Waals surface area contributed by atoms with E-state index in [1.165, 1.54) is 10.4 Å². The number of nitrogens with one attached hydrogen (secondary N) is 2. The van der Waals surface area contributed by atoms with Crippen LogP contribution in [0.2, 0.25) is 0 Å². The molecule has 0 radical (unpaired) electrons. The zero-order valence-corrected chi connectivity index (χ0v) is 13.3. The molecule has 5 nitrogen and oxygen atoms in total. The summed E-state index contributed by atoms with van der Waals surface area (Å²) in [6.07, 6.45) is 1.75. The first-order valence-electron chi connectivity index (χ1n) is 6.73. The van der Waals surface area contributed by atoms with Gasteiger partial charge in [-0.15, -0.1) is 11.3 Å². The molecule has 0 aliphatic carbocycles. The number of aryl methyl sites for hydroxylation is 1. The molecule has 0 atom stereocenters. The van der Waals surface area contributed by atoms with Crippen LogP contribution < -0.4 is 15.5 Å². The number of anilines is 1. The molecule has 0 saturated carbocycles. The molecule has 2 amide bonds. The number of carbonyl (C=O) groups is 1. The fraction of sp³-hybridized carbons (Fsp3) is 0.333. The van der Waals surface area contributed by atoms with E-state index in [9.17, 15) is 4.79 Å². The van der Waals surface area contributed by atoms with Crippen LogP contribution >= 0.6 is 11.3 Å². The highest BCUT2D eigenvalue weighted by molar-refractivity contribution is 7.10. The number of urea groups is 1. The number of pyridine rings is 1. The maximum atomic E-state index is 11.8. The lowest BCUT2D eigenvalue weighted by molar-refractivity contribution is 0.240. The second kappa shape index (κ2) is 7.08. The quantitative estimate of drug-likeness (QED) is 0.892. The summed E-state index contributed by atoms with van der Waals surface area (Å²) in [5, 5.41) is 7.75. The average molecular weight is 304 g/mol. The number of carbonyl (C=O) groups excluding carboxylic acids is 1. The first-order chi connectivity index (χ1) is 10.1. The van der Waals surface area contributed by atoms with Gasteiger partial charge in [0.25, 0.3) is 0 Å². The molecule has 2 heterocycles. The van der Waals surface area contributed by atoms with Gasteiger partial charge in [-0.3, -0.25) is 0 Å². The van der Waals surface area contributed by atoms with Crippen LogP contribution in [0.5, 0.6) is 0 Å². The molecule has 0 unspecified atom stereocenters. The van der Waals surface area contributed by atoms with Gasteiger partial charge >= 0.3 is 6.03 Å². The van der Waals surface area contributed by atoms with Gasteiger partial charge in [0.15, 0.2) is 0 Å². The Kier molecular flexibility index (Phi) is 5.16. The van der Waals surface area contributed by atoms with E-state index in [-0.39, 0.29) is 6.03 Å². The van der Waals surface area contributed by atoms with E-state index in [0.717, 1.165) is 11.4 Å². The molecule has 6 heteroatoms. The minimum absolute atomic E-state index is 0.161. The highest BCUT2D eigenvalue weighted by Gasteiger charge is 2.04. The van der Waals surface area contributed by atoms with Crippen molar-refractivity contribution in [3.8, 4) is 0 Å². The molecule has 0 bridgehead atoms. The topological polar surface area (TPSA) is 57.3 Å². The molecule has 0 saturated heterocycles. The second-order valence-electron chi connectivity index (χ2n) is 4.98. The summed E-state index contributed by atoms with van der Waals surface area (Å²) in [5.41, 5.74) is 2.24. The third-order valence-corrected chi connectivity index (χ3v) is 4.12. The number of hydrogen-bond acceptors (Lipinski definition) is 4. The molecule has 2 aromatic heterocycles. The molecule has 0 aliphatic heterocycles. The van der Waals surface area contributed by atoms with E-state index >= 15 is 0 Å². The van der Waals surface area contributed by atoms with Gasteiger partial charge in [0.1, 0.15) is 5.82 Å². The highest BCUT2D eigenvalue weighted by Crippen LogP contribution is 2.14. The van der Waals surface area contributed by atoms with E-state index in [0.29, 0.717) is 13.1 Å². The van der Waals surface area contributed by atoms with E-state index < -0.39 is 0 Å². The van der Waals surface area contributed by atoms with Crippen molar-refractivity contribution in [3.05, 3.63) is 45.8 Å². The third kappa shape index (κ3) is 4.46. The Morgan fingerprint density at radius 3 is 2.71 bits per heavy atom. The second-order valence-corrected chi connectivity index (χ2v) is 5.98. The summed E-state index contributed by atoms with van der Waals surface area (Å²) in [5.74, 6) is 0.879. The summed E-state index contributed by atoms with van der Waals surface area (Å²) >= 11 is 1.65. The van der Waals surface area contributed by atoms with Crippen molar-refractivity contribution in [1.82, 2.24) is 15.6 Å². The molecule has 0 fully saturated rings. The summed E-state index contributed by atoms with van der Waals surface area (Å²) in [6, 6.07) is 5.76. The van der Waals surface area contributed by atoms with Crippen LogP contribution in [0.25, 0.3) is 0 Å². The number of nitrogens with zero attached hydrogens (tertiary/aromatic N) is 2. The van der Waals surface area contributed by atoms with E-state index in [1.54, 1.807) is 17.5 Å². The SMILES string of the molecule is Cc1ccsc1CNC(=O)NCc1ccnc(N(C)C)c1. The van der Waals surface area contributed by atoms with Gasteiger partial charge in [0, 0.05) is 31.7 Å². The molecular formula is C15H20N4OS. The largest absolute Gasteiger partial charge is 0.363 e. The fourth-order valence-electron chi connectivity index (χ4n) is 1.81. The minimum atomic E-state index is -0.161. The maximum Gasteiger partial charge on any atom is 0.315 e. The number of amides is 2. The number of thiophene rings is 1. The van der Waals surface area contributed by atoms with Gasteiger partial charge in [0.05, 0.1) is 6.54 Å². The average Bonchev–Trinajstić information content (AvgIpc) is 2.88. The Hall–Kier alpha value is -2.08. The van der Waals surface area contributed by atoms with E-state index in [2.05, 4.69) is 21.7 Å². The Morgan fingerprint density at radius 1 is 1.29 bits per heavy atom. The van der Waals surface area contributed by atoms with Gasteiger partial charge in [-0.1, -0.05) is 0 Å². The lowest BCUT2D eigenvalue weighted by Crippen LogP contribution is -2.34. The Balaban J connectivity index is 1.81. The van der Waals surface area contributed by atoms with Gasteiger partial charge < -0.3 is 15.5 Å². The van der Waals surface area contributed by atoms with Gasteiger partial charge in [0.2, 0.25) is 0 Å². The fourth-order valence-corrected chi connectivity index (χ4v) is 2.65. The standard InChI is InChI=1S/C15H20N4OS/c1-11-5-7-21-13(11)10-18-15(20)17-9-12-4-6-16-14(8-12)19(2)3/h4-8H,9-10H2,1-3H3,(H2,17,18,20). The first kappa shape index (κ1) is 15.3. The number of aromatic nitrogens is 1. The van der Waals surface area contributed by atoms with Gasteiger partial charge in [-0.25, -0.2) is 9.78 Å². The van der Waals surface area contributed by atoms with Crippen LogP contribution in [0.15, 0.2) is 29.8 Å². The van der Waals surface area contributed by atoms with Gasteiger partial charge in [-0.2, -0.15) is 0 Å². The zero-order chi connectivity index (χ0) is 15.2. The van der Waals surface area contributed by atoms with Crippen molar-refractivity contribution in [1.29, 1.82) is 0 Å². The zero-order valence-electron chi connectivity index (χ0n) is 12.5. The molecule has 112 valence electrons. The third-order valence-electron chi connectivity index (χ3n) is 3.10.